The summed E-state index contributed by atoms with van der Waals surface area (Å²) in [6.45, 7) is 1.21. The molecule has 0 aliphatic rings. The molecule has 0 fully saturated rings. The first-order chi connectivity index (χ1) is 8.24. The summed E-state index contributed by atoms with van der Waals surface area (Å²) in [5.41, 5.74) is 0.672. The molecule has 0 saturated heterocycles. The second-order valence-electron chi connectivity index (χ2n) is 3.14. The lowest BCUT2D eigenvalue weighted by molar-refractivity contribution is 0.0992. The van der Waals surface area contributed by atoms with Crippen molar-refractivity contribution in [2.45, 2.75) is 10.7 Å². The van der Waals surface area contributed by atoms with Crippen LogP contribution in [0.4, 0.5) is 14.5 Å². The molecule has 1 aromatic rings. The molecular formula is C11H15F2NO2S. The molecule has 0 radical (unpaired) electrons. The third-order valence-electron chi connectivity index (χ3n) is 1.90. The molecule has 96 valence electrons. The Kier molecular flexibility index (Phi) is 6.91. The van der Waals surface area contributed by atoms with Crippen molar-refractivity contribution in [3.63, 3.8) is 0 Å². The van der Waals surface area contributed by atoms with E-state index in [-0.39, 0.29) is 13.2 Å². The van der Waals surface area contributed by atoms with Crippen molar-refractivity contribution in [3.8, 4) is 0 Å². The van der Waals surface area contributed by atoms with Crippen molar-refractivity contribution >= 4 is 17.4 Å². The van der Waals surface area contributed by atoms with Crippen molar-refractivity contribution in [3.05, 3.63) is 24.3 Å². The number of aliphatic hydroxyl groups is 1. The van der Waals surface area contributed by atoms with Gasteiger partial charge in [0.15, 0.2) is 0 Å². The molecule has 0 amide bonds. The Morgan fingerprint density at radius 1 is 1.29 bits per heavy atom. The molecule has 0 atom stereocenters. The number of aliphatic hydroxyl groups excluding tert-OH is 1. The smallest absolute Gasteiger partial charge is 0.288 e. The summed E-state index contributed by atoms with van der Waals surface area (Å²) >= 11 is 0.517. The highest BCUT2D eigenvalue weighted by Gasteiger charge is 2.08. The van der Waals surface area contributed by atoms with Crippen LogP contribution in [0.1, 0.15) is 0 Å². The van der Waals surface area contributed by atoms with Gasteiger partial charge in [0.2, 0.25) is 0 Å². The highest BCUT2D eigenvalue weighted by molar-refractivity contribution is 7.99. The fourth-order valence-corrected chi connectivity index (χ4v) is 1.85. The summed E-state index contributed by atoms with van der Waals surface area (Å²) in [4.78, 5) is 0.518. The first-order valence-corrected chi connectivity index (χ1v) is 6.08. The van der Waals surface area contributed by atoms with Gasteiger partial charge in [-0.25, -0.2) is 0 Å². The normalized spacial score (nSPS) is 10.8. The molecule has 1 rings (SSSR count). The van der Waals surface area contributed by atoms with Crippen LogP contribution >= 0.6 is 11.8 Å². The molecular weight excluding hydrogens is 248 g/mol. The molecule has 0 unspecified atom stereocenters. The minimum atomic E-state index is -2.43. The SMILES string of the molecule is OCCOCCNc1ccccc1SC(F)F. The van der Waals surface area contributed by atoms with Gasteiger partial charge in [0, 0.05) is 17.1 Å². The van der Waals surface area contributed by atoms with E-state index in [0.29, 0.717) is 35.5 Å². The topological polar surface area (TPSA) is 41.5 Å². The second kappa shape index (κ2) is 8.27. The molecule has 0 aliphatic carbocycles. The molecule has 6 heteroatoms. The summed E-state index contributed by atoms with van der Waals surface area (Å²) in [5.74, 6) is -2.43. The first kappa shape index (κ1) is 14.2. The Morgan fingerprint density at radius 2 is 2.06 bits per heavy atom. The van der Waals surface area contributed by atoms with Crippen LogP contribution < -0.4 is 5.32 Å². The molecule has 0 saturated carbocycles. The van der Waals surface area contributed by atoms with E-state index in [4.69, 9.17) is 9.84 Å². The zero-order chi connectivity index (χ0) is 12.5. The van der Waals surface area contributed by atoms with E-state index < -0.39 is 5.76 Å². The van der Waals surface area contributed by atoms with Crippen LogP contribution in [0.15, 0.2) is 29.2 Å². The van der Waals surface area contributed by atoms with Crippen LogP contribution in [0.5, 0.6) is 0 Å². The largest absolute Gasteiger partial charge is 0.394 e. The van der Waals surface area contributed by atoms with Crippen molar-refractivity contribution in [2.24, 2.45) is 0 Å². The molecule has 1 aromatic carbocycles. The first-order valence-electron chi connectivity index (χ1n) is 5.20. The maximum Gasteiger partial charge on any atom is 0.288 e. The number of halogens is 2. The number of ether oxygens (including phenoxy) is 1. The molecule has 0 heterocycles. The monoisotopic (exact) mass is 263 g/mol. The number of benzene rings is 1. The maximum absolute atomic E-state index is 12.3. The standard InChI is InChI=1S/C11H15F2NO2S/c12-11(13)17-10-4-2-1-3-9(10)14-5-7-16-8-6-15/h1-4,11,14-15H,5-8H2. The summed E-state index contributed by atoms with van der Waals surface area (Å²) in [6, 6.07) is 6.90. The summed E-state index contributed by atoms with van der Waals surface area (Å²) < 4.78 is 29.6. The molecule has 17 heavy (non-hydrogen) atoms. The van der Waals surface area contributed by atoms with Gasteiger partial charge in [-0.15, -0.1) is 0 Å². The van der Waals surface area contributed by atoms with Crippen molar-refractivity contribution in [1.82, 2.24) is 0 Å². The molecule has 3 nitrogen and oxygen atoms in total. The lowest BCUT2D eigenvalue weighted by Crippen LogP contribution is -2.11. The van der Waals surface area contributed by atoms with Gasteiger partial charge in [0.25, 0.3) is 5.76 Å². The van der Waals surface area contributed by atoms with Crippen LogP contribution in [-0.2, 0) is 4.74 Å². The number of anilines is 1. The van der Waals surface area contributed by atoms with E-state index in [1.54, 1.807) is 24.3 Å². The molecule has 0 aromatic heterocycles. The third kappa shape index (κ3) is 5.86. The zero-order valence-electron chi connectivity index (χ0n) is 9.23. The Labute approximate surface area is 103 Å². The molecule has 0 aliphatic heterocycles. The van der Waals surface area contributed by atoms with E-state index in [0.717, 1.165) is 0 Å². The van der Waals surface area contributed by atoms with Gasteiger partial charge in [0.1, 0.15) is 0 Å². The predicted molar refractivity (Wildman–Crippen MR) is 64.7 cm³/mol. The van der Waals surface area contributed by atoms with Gasteiger partial charge in [-0.3, -0.25) is 0 Å². The third-order valence-corrected chi connectivity index (χ3v) is 2.69. The van der Waals surface area contributed by atoms with E-state index in [9.17, 15) is 8.78 Å². The fourth-order valence-electron chi connectivity index (χ4n) is 1.24. The maximum atomic E-state index is 12.3. The number of para-hydroxylation sites is 1. The van der Waals surface area contributed by atoms with Gasteiger partial charge in [0.05, 0.1) is 19.8 Å². The number of hydrogen-bond donors (Lipinski definition) is 2. The number of hydrogen-bond acceptors (Lipinski definition) is 4. The Morgan fingerprint density at radius 3 is 2.76 bits per heavy atom. The lowest BCUT2D eigenvalue weighted by Gasteiger charge is -2.11. The molecule has 2 N–H and O–H groups in total. The van der Waals surface area contributed by atoms with Gasteiger partial charge in [-0.1, -0.05) is 23.9 Å². The van der Waals surface area contributed by atoms with Crippen LogP contribution in [-0.4, -0.2) is 37.2 Å². The van der Waals surface area contributed by atoms with E-state index in [2.05, 4.69) is 5.32 Å². The van der Waals surface area contributed by atoms with Crippen LogP contribution in [0, 0.1) is 0 Å². The van der Waals surface area contributed by atoms with Gasteiger partial charge >= 0.3 is 0 Å². The van der Waals surface area contributed by atoms with Crippen molar-refractivity contribution in [1.29, 1.82) is 0 Å². The summed E-state index contributed by atoms with van der Waals surface area (Å²) in [6.07, 6.45) is 0. The molecule has 0 spiro atoms. The Balaban J connectivity index is 2.40. The van der Waals surface area contributed by atoms with Gasteiger partial charge in [-0.2, -0.15) is 8.78 Å². The van der Waals surface area contributed by atoms with Crippen LogP contribution in [0.3, 0.4) is 0 Å². The highest BCUT2D eigenvalue weighted by Crippen LogP contribution is 2.31. The highest BCUT2D eigenvalue weighted by atomic mass is 32.2. The number of thioether (sulfide) groups is 1. The number of nitrogens with one attached hydrogen (secondary N) is 1. The second-order valence-corrected chi connectivity index (χ2v) is 4.17. The quantitative estimate of drug-likeness (QED) is 0.558. The van der Waals surface area contributed by atoms with Crippen LogP contribution in [0.25, 0.3) is 0 Å². The van der Waals surface area contributed by atoms with Crippen molar-refractivity contribution in [2.75, 3.05) is 31.7 Å². The summed E-state index contributed by atoms with van der Waals surface area (Å²) in [7, 11) is 0. The molecule has 0 bridgehead atoms. The Bertz CT molecular complexity index is 326. The van der Waals surface area contributed by atoms with E-state index in [1.165, 1.54) is 0 Å². The minimum absolute atomic E-state index is 0.0161. The lowest BCUT2D eigenvalue weighted by atomic mass is 10.3. The van der Waals surface area contributed by atoms with E-state index >= 15 is 0 Å². The summed E-state index contributed by atoms with van der Waals surface area (Å²) in [5, 5.41) is 11.5. The van der Waals surface area contributed by atoms with Crippen LogP contribution in [0.2, 0.25) is 0 Å². The van der Waals surface area contributed by atoms with E-state index in [1.807, 2.05) is 0 Å². The predicted octanol–water partition coefficient (Wildman–Crippen LogP) is 2.42. The minimum Gasteiger partial charge on any atom is -0.394 e. The van der Waals surface area contributed by atoms with Gasteiger partial charge < -0.3 is 15.2 Å². The number of rotatable bonds is 8. The zero-order valence-corrected chi connectivity index (χ0v) is 10.1. The van der Waals surface area contributed by atoms with Gasteiger partial charge in [-0.05, 0) is 12.1 Å². The average Bonchev–Trinajstić information content (AvgIpc) is 2.30. The fraction of sp³-hybridized carbons (Fsp3) is 0.455. The average molecular weight is 263 g/mol. The van der Waals surface area contributed by atoms with Crippen molar-refractivity contribution < 1.29 is 18.6 Å². The Hall–Kier alpha value is -0.850. The number of alkyl halides is 2.